The van der Waals surface area contributed by atoms with Crippen LogP contribution in [0, 0.1) is 11.8 Å². The van der Waals surface area contributed by atoms with E-state index in [1.54, 1.807) is 12.1 Å². The molecule has 2 heterocycles. The van der Waals surface area contributed by atoms with Crippen LogP contribution in [0.3, 0.4) is 0 Å². The van der Waals surface area contributed by atoms with Gasteiger partial charge in [0.25, 0.3) is 0 Å². The van der Waals surface area contributed by atoms with Crippen molar-refractivity contribution in [2.45, 2.75) is 29.5 Å². The van der Waals surface area contributed by atoms with Crippen molar-refractivity contribution >= 4 is 23.3 Å². The van der Waals surface area contributed by atoms with Gasteiger partial charge in [0.15, 0.2) is 0 Å². The quantitative estimate of drug-likeness (QED) is 0.662. The van der Waals surface area contributed by atoms with Crippen molar-refractivity contribution in [2.24, 2.45) is 16.8 Å². The molecular weight excluding hydrogens is 336 g/mol. The van der Waals surface area contributed by atoms with E-state index in [1.165, 1.54) is 0 Å². The Morgan fingerprint density at radius 1 is 1.40 bits per heavy atom. The van der Waals surface area contributed by atoms with Crippen LogP contribution in [0.15, 0.2) is 47.5 Å². The lowest BCUT2D eigenvalue weighted by Gasteiger charge is -2.47. The van der Waals surface area contributed by atoms with Crippen LogP contribution in [-0.4, -0.2) is 47.8 Å². The van der Waals surface area contributed by atoms with Gasteiger partial charge < -0.3 is 9.47 Å². The number of carbonyl (C=O) groups is 1. The largest absolute Gasteiger partial charge is 0.458 e. The maximum absolute atomic E-state index is 12.2. The van der Waals surface area contributed by atoms with Crippen LogP contribution in [0.2, 0.25) is 0 Å². The van der Waals surface area contributed by atoms with Gasteiger partial charge in [0.2, 0.25) is 0 Å². The number of rotatable bonds is 4. The molecule has 1 N–H and O–H groups in total. The summed E-state index contributed by atoms with van der Waals surface area (Å²) >= 11 is 1.82. The summed E-state index contributed by atoms with van der Waals surface area (Å²) < 4.78 is 11.9. The zero-order chi connectivity index (χ0) is 16.9. The summed E-state index contributed by atoms with van der Waals surface area (Å²) in [5.41, 5.74) is 2.31. The predicted octanol–water partition coefficient (Wildman–Crippen LogP) is 2.25. The Bertz CT molecular complexity index is 729. The molecule has 4 aliphatic rings. The summed E-state index contributed by atoms with van der Waals surface area (Å²) in [6, 6.07) is 9.45. The third kappa shape index (κ3) is 2.55. The van der Waals surface area contributed by atoms with Crippen LogP contribution in [0.5, 0.6) is 0 Å². The number of ether oxygens (including phenoxy) is 2. The number of esters is 1. The molecule has 0 amide bonds. The average molecular weight is 356 g/mol. The average Bonchev–Trinajstić information content (AvgIpc) is 3.33. The normalized spacial score (nSPS) is 40.6. The Kier molecular flexibility index (Phi) is 3.73. The lowest BCUT2D eigenvalue weighted by Crippen LogP contribution is -2.62. The smallest absolute Gasteiger partial charge is 0.338 e. The highest BCUT2D eigenvalue weighted by Crippen LogP contribution is 2.55. The SMILES string of the molecule is O=C(OCC1NC2C3C=CC(C3)(O1)C2C1CN=CS1)c1ccccc1. The summed E-state index contributed by atoms with van der Waals surface area (Å²) in [7, 11) is 0. The minimum absolute atomic E-state index is 0.226. The standard InChI is InChI=1S/C19H20N2O3S/c22-18(12-4-2-1-3-5-12)23-10-15-21-17-13-6-7-19(8-13,24-15)16(17)14-9-20-11-25-14/h1-7,11,13-17,21H,8-10H2. The second kappa shape index (κ2) is 5.97. The predicted molar refractivity (Wildman–Crippen MR) is 96.7 cm³/mol. The summed E-state index contributed by atoms with van der Waals surface area (Å²) in [5, 5.41) is 4.06. The number of hydrogen-bond donors (Lipinski definition) is 1. The lowest BCUT2D eigenvalue weighted by atomic mass is 9.81. The van der Waals surface area contributed by atoms with E-state index in [1.807, 2.05) is 35.5 Å². The number of aliphatic imine (C=N–C) groups is 1. The third-order valence-electron chi connectivity index (χ3n) is 5.70. The number of benzene rings is 1. The number of hydrogen-bond acceptors (Lipinski definition) is 6. The van der Waals surface area contributed by atoms with Crippen LogP contribution >= 0.6 is 11.8 Å². The van der Waals surface area contributed by atoms with Gasteiger partial charge in [0.1, 0.15) is 12.8 Å². The molecule has 1 aromatic carbocycles. The number of nitrogens with one attached hydrogen (secondary N) is 1. The highest BCUT2D eigenvalue weighted by molar-refractivity contribution is 8.12. The zero-order valence-electron chi connectivity index (χ0n) is 13.7. The van der Waals surface area contributed by atoms with E-state index in [2.05, 4.69) is 22.5 Å². The van der Waals surface area contributed by atoms with Crippen molar-refractivity contribution in [1.82, 2.24) is 5.32 Å². The van der Waals surface area contributed by atoms with Crippen molar-refractivity contribution < 1.29 is 14.3 Å². The first-order valence-corrected chi connectivity index (χ1v) is 9.69. The molecule has 1 saturated heterocycles. The Labute approximate surface area is 150 Å². The number of nitrogens with zero attached hydrogens (tertiary/aromatic N) is 1. The van der Waals surface area contributed by atoms with Crippen molar-refractivity contribution in [3.8, 4) is 0 Å². The molecule has 6 atom stereocenters. The molecule has 1 spiro atoms. The van der Waals surface area contributed by atoms with Crippen LogP contribution < -0.4 is 5.32 Å². The number of carbonyl (C=O) groups excluding carboxylic acids is 1. The van der Waals surface area contributed by atoms with Crippen LogP contribution in [0.1, 0.15) is 16.8 Å². The maximum Gasteiger partial charge on any atom is 0.338 e. The van der Waals surface area contributed by atoms with E-state index in [-0.39, 0.29) is 24.4 Å². The first kappa shape index (κ1) is 15.6. The van der Waals surface area contributed by atoms with Gasteiger partial charge in [-0.3, -0.25) is 10.3 Å². The molecule has 0 radical (unpaired) electrons. The molecule has 0 aromatic heterocycles. The van der Waals surface area contributed by atoms with Crippen LogP contribution in [-0.2, 0) is 9.47 Å². The monoisotopic (exact) mass is 356 g/mol. The molecule has 5 rings (SSSR count). The van der Waals surface area contributed by atoms with Crippen molar-refractivity contribution in [3.05, 3.63) is 48.0 Å². The molecule has 5 nitrogen and oxygen atoms in total. The van der Waals surface area contributed by atoms with E-state index in [0.717, 1.165) is 13.0 Å². The minimum Gasteiger partial charge on any atom is -0.458 e. The summed E-state index contributed by atoms with van der Waals surface area (Å²) in [6.07, 6.45) is 5.29. The third-order valence-corrected chi connectivity index (χ3v) is 6.77. The molecule has 6 unspecified atom stereocenters. The second-order valence-corrected chi connectivity index (χ2v) is 8.20. The summed E-state index contributed by atoms with van der Waals surface area (Å²) in [6.45, 7) is 1.10. The molecule has 1 aromatic rings. The van der Waals surface area contributed by atoms with Crippen LogP contribution in [0.25, 0.3) is 0 Å². The topological polar surface area (TPSA) is 59.9 Å². The second-order valence-electron chi connectivity index (χ2n) is 7.12. The maximum atomic E-state index is 12.2. The van der Waals surface area contributed by atoms with E-state index < -0.39 is 0 Å². The van der Waals surface area contributed by atoms with Gasteiger partial charge >= 0.3 is 5.97 Å². The van der Waals surface area contributed by atoms with E-state index in [9.17, 15) is 4.79 Å². The van der Waals surface area contributed by atoms with Gasteiger partial charge in [-0.2, -0.15) is 0 Å². The Morgan fingerprint density at radius 2 is 2.28 bits per heavy atom. The van der Waals surface area contributed by atoms with E-state index in [0.29, 0.717) is 28.7 Å². The molecule has 1 saturated carbocycles. The molecule has 3 bridgehead atoms. The minimum atomic E-state index is -0.307. The van der Waals surface area contributed by atoms with Crippen molar-refractivity contribution in [2.75, 3.05) is 13.2 Å². The first-order chi connectivity index (χ1) is 12.3. The zero-order valence-corrected chi connectivity index (χ0v) is 14.5. The van der Waals surface area contributed by atoms with Crippen LogP contribution in [0.4, 0.5) is 0 Å². The fourth-order valence-corrected chi connectivity index (χ4v) is 5.78. The summed E-state index contributed by atoms with van der Waals surface area (Å²) in [4.78, 5) is 16.5. The highest BCUT2D eigenvalue weighted by atomic mass is 32.2. The lowest BCUT2D eigenvalue weighted by molar-refractivity contribution is -0.147. The molecule has 2 aliphatic heterocycles. The molecule has 2 fully saturated rings. The fraction of sp³-hybridized carbons (Fsp3) is 0.474. The number of thioether (sulfide) groups is 1. The number of fused-ring (bicyclic) bond motifs is 3. The molecular formula is C19H20N2O3S. The Hall–Kier alpha value is -1.63. The van der Waals surface area contributed by atoms with E-state index >= 15 is 0 Å². The Balaban J connectivity index is 1.27. The summed E-state index contributed by atoms with van der Waals surface area (Å²) in [5.74, 6) is 0.621. The van der Waals surface area contributed by atoms with E-state index in [4.69, 9.17) is 9.47 Å². The van der Waals surface area contributed by atoms with Gasteiger partial charge in [-0.1, -0.05) is 30.4 Å². The Morgan fingerprint density at radius 3 is 3.04 bits per heavy atom. The van der Waals surface area contributed by atoms with Gasteiger partial charge in [-0.25, -0.2) is 4.79 Å². The first-order valence-electron chi connectivity index (χ1n) is 8.74. The highest BCUT2D eigenvalue weighted by Gasteiger charge is 2.62. The van der Waals surface area contributed by atoms with Crippen molar-refractivity contribution in [3.63, 3.8) is 0 Å². The van der Waals surface area contributed by atoms with Crippen molar-refractivity contribution in [1.29, 1.82) is 0 Å². The van der Waals surface area contributed by atoms with Gasteiger partial charge in [-0.15, -0.1) is 11.8 Å². The molecule has 25 heavy (non-hydrogen) atoms. The van der Waals surface area contributed by atoms with Gasteiger partial charge in [0, 0.05) is 17.2 Å². The molecule has 130 valence electrons. The van der Waals surface area contributed by atoms with Gasteiger partial charge in [0.05, 0.1) is 23.3 Å². The fourth-order valence-electron chi connectivity index (χ4n) is 4.71. The molecule has 6 heteroatoms. The molecule has 2 aliphatic carbocycles. The van der Waals surface area contributed by atoms with Gasteiger partial charge in [-0.05, 0) is 24.5 Å².